The zero-order valence-corrected chi connectivity index (χ0v) is 14.2. The number of carbonyl (C=O) groups excluding carboxylic acids is 1. The van der Waals surface area contributed by atoms with Gasteiger partial charge in [-0.05, 0) is 31.2 Å². The van der Waals surface area contributed by atoms with Crippen LogP contribution >= 0.6 is 0 Å². The van der Waals surface area contributed by atoms with Gasteiger partial charge in [0.1, 0.15) is 12.0 Å². The van der Waals surface area contributed by atoms with Gasteiger partial charge in [0.2, 0.25) is 0 Å². The first-order valence-corrected chi connectivity index (χ1v) is 8.66. The summed E-state index contributed by atoms with van der Waals surface area (Å²) in [6.45, 7) is 7.29. The molecule has 2 aliphatic rings. The van der Waals surface area contributed by atoms with Crippen molar-refractivity contribution in [3.05, 3.63) is 23.8 Å². The molecule has 2 fully saturated rings. The fraction of sp³-hybridized carbons (Fsp3) is 0.647. The molecule has 7 nitrogen and oxygen atoms in total. The Morgan fingerprint density at radius 2 is 2.25 bits per heavy atom. The van der Waals surface area contributed by atoms with Crippen LogP contribution in [0, 0.1) is 5.41 Å². The van der Waals surface area contributed by atoms with E-state index in [1.54, 1.807) is 4.52 Å². The molecule has 128 valence electrons. The number of likely N-dealkylation sites (tertiary alicyclic amines) is 1. The molecule has 0 N–H and O–H groups in total. The standard InChI is InChI=1S/C17H23N5O2/c1-12(2)14-8-13(20-16-18-11-19-22(14)16)15(23)21-6-3-4-17(9-21)5-7-24-10-17/h8,11-12H,3-7,9-10H2,1-2H3/t17-/m1/s1. The summed E-state index contributed by atoms with van der Waals surface area (Å²) in [5.41, 5.74) is 1.57. The second kappa shape index (κ2) is 5.81. The number of rotatable bonds is 2. The van der Waals surface area contributed by atoms with Crippen molar-refractivity contribution in [2.75, 3.05) is 26.3 Å². The SMILES string of the molecule is CC(C)c1cc(C(=O)N2CCC[C@@]3(CCOC3)C2)nc2ncnn12. The summed E-state index contributed by atoms with van der Waals surface area (Å²) in [4.78, 5) is 23.6. The quantitative estimate of drug-likeness (QED) is 0.841. The van der Waals surface area contributed by atoms with Gasteiger partial charge in [0.25, 0.3) is 11.7 Å². The Morgan fingerprint density at radius 1 is 1.38 bits per heavy atom. The maximum absolute atomic E-state index is 13.0. The fourth-order valence-electron chi connectivity index (χ4n) is 3.87. The van der Waals surface area contributed by atoms with Gasteiger partial charge in [0, 0.05) is 25.1 Å². The van der Waals surface area contributed by atoms with E-state index in [2.05, 4.69) is 28.9 Å². The molecule has 2 saturated heterocycles. The number of hydrogen-bond donors (Lipinski definition) is 0. The molecule has 0 unspecified atom stereocenters. The maximum atomic E-state index is 13.0. The van der Waals surface area contributed by atoms with E-state index >= 15 is 0 Å². The minimum absolute atomic E-state index is 0.00613. The molecule has 0 radical (unpaired) electrons. The number of fused-ring (bicyclic) bond motifs is 1. The Balaban J connectivity index is 1.65. The van der Waals surface area contributed by atoms with E-state index in [4.69, 9.17) is 4.74 Å². The van der Waals surface area contributed by atoms with Crippen LogP contribution in [0.1, 0.15) is 55.2 Å². The van der Waals surface area contributed by atoms with E-state index in [0.717, 1.165) is 51.3 Å². The van der Waals surface area contributed by atoms with Crippen molar-refractivity contribution in [1.29, 1.82) is 0 Å². The van der Waals surface area contributed by atoms with Crippen molar-refractivity contribution in [2.45, 2.75) is 39.0 Å². The number of aromatic nitrogens is 4. The van der Waals surface area contributed by atoms with Gasteiger partial charge in [-0.1, -0.05) is 13.8 Å². The van der Waals surface area contributed by atoms with Crippen LogP contribution in [-0.2, 0) is 4.74 Å². The average molecular weight is 329 g/mol. The lowest BCUT2D eigenvalue weighted by Crippen LogP contribution is -2.46. The third kappa shape index (κ3) is 2.56. The van der Waals surface area contributed by atoms with Crippen LogP contribution in [0.2, 0.25) is 0 Å². The van der Waals surface area contributed by atoms with Crippen molar-refractivity contribution < 1.29 is 9.53 Å². The fourth-order valence-corrected chi connectivity index (χ4v) is 3.87. The van der Waals surface area contributed by atoms with Crippen LogP contribution in [0.25, 0.3) is 5.78 Å². The third-order valence-electron chi connectivity index (χ3n) is 5.22. The summed E-state index contributed by atoms with van der Waals surface area (Å²) in [5.74, 6) is 0.716. The Hall–Kier alpha value is -2.02. The molecule has 24 heavy (non-hydrogen) atoms. The van der Waals surface area contributed by atoms with Gasteiger partial charge < -0.3 is 9.64 Å². The van der Waals surface area contributed by atoms with Crippen molar-refractivity contribution in [3.8, 4) is 0 Å². The van der Waals surface area contributed by atoms with Crippen LogP contribution < -0.4 is 0 Å². The largest absolute Gasteiger partial charge is 0.381 e. The number of piperidine rings is 1. The molecular formula is C17H23N5O2. The minimum Gasteiger partial charge on any atom is -0.381 e. The lowest BCUT2D eigenvalue weighted by atomic mass is 9.79. The molecule has 4 heterocycles. The lowest BCUT2D eigenvalue weighted by molar-refractivity contribution is 0.0457. The molecule has 2 aromatic heterocycles. The van der Waals surface area contributed by atoms with Gasteiger partial charge in [-0.15, -0.1) is 0 Å². The zero-order valence-electron chi connectivity index (χ0n) is 14.2. The summed E-state index contributed by atoms with van der Waals surface area (Å²) in [6, 6.07) is 1.86. The minimum atomic E-state index is -0.00613. The second-order valence-corrected chi connectivity index (χ2v) is 7.33. The van der Waals surface area contributed by atoms with Crippen LogP contribution in [0.15, 0.2) is 12.4 Å². The number of ether oxygens (including phenoxy) is 1. The van der Waals surface area contributed by atoms with Crippen LogP contribution in [-0.4, -0.2) is 56.7 Å². The lowest BCUT2D eigenvalue weighted by Gasteiger charge is -2.39. The Labute approximate surface area is 141 Å². The van der Waals surface area contributed by atoms with Gasteiger partial charge in [-0.2, -0.15) is 10.1 Å². The summed E-state index contributed by atoms with van der Waals surface area (Å²) in [6.07, 6.45) is 4.70. The highest BCUT2D eigenvalue weighted by Crippen LogP contribution is 2.38. The van der Waals surface area contributed by atoms with Gasteiger partial charge in [0.05, 0.1) is 12.3 Å². The van der Waals surface area contributed by atoms with Crippen molar-refractivity contribution in [3.63, 3.8) is 0 Å². The van der Waals surface area contributed by atoms with Gasteiger partial charge in [0.15, 0.2) is 0 Å². The molecule has 0 aliphatic carbocycles. The van der Waals surface area contributed by atoms with E-state index < -0.39 is 0 Å². The molecular weight excluding hydrogens is 306 g/mol. The normalized spacial score (nSPS) is 24.4. The summed E-state index contributed by atoms with van der Waals surface area (Å²) in [7, 11) is 0. The topological polar surface area (TPSA) is 72.6 Å². The first-order chi connectivity index (χ1) is 11.6. The van der Waals surface area contributed by atoms with E-state index in [0.29, 0.717) is 11.5 Å². The predicted octanol–water partition coefficient (Wildman–Crippen LogP) is 1.89. The zero-order chi connectivity index (χ0) is 16.7. The summed E-state index contributed by atoms with van der Waals surface area (Å²) >= 11 is 0. The number of nitrogens with zero attached hydrogens (tertiary/aromatic N) is 5. The van der Waals surface area contributed by atoms with E-state index in [1.807, 2.05) is 11.0 Å². The average Bonchev–Trinajstić information content (AvgIpc) is 3.22. The number of amides is 1. The summed E-state index contributed by atoms with van der Waals surface area (Å²) in [5, 5.41) is 4.21. The first kappa shape index (κ1) is 15.5. The second-order valence-electron chi connectivity index (χ2n) is 7.33. The Bertz CT molecular complexity index is 763. The molecule has 0 aromatic carbocycles. The van der Waals surface area contributed by atoms with Crippen molar-refractivity contribution >= 4 is 11.7 Å². The van der Waals surface area contributed by atoms with Gasteiger partial charge in [-0.25, -0.2) is 9.50 Å². The maximum Gasteiger partial charge on any atom is 0.272 e. The monoisotopic (exact) mass is 329 g/mol. The Morgan fingerprint density at radius 3 is 3.00 bits per heavy atom. The smallest absolute Gasteiger partial charge is 0.272 e. The molecule has 7 heteroatoms. The number of carbonyl (C=O) groups is 1. The van der Waals surface area contributed by atoms with Crippen LogP contribution in [0.3, 0.4) is 0 Å². The van der Waals surface area contributed by atoms with Gasteiger partial charge in [-0.3, -0.25) is 4.79 Å². The first-order valence-electron chi connectivity index (χ1n) is 8.66. The van der Waals surface area contributed by atoms with E-state index in [9.17, 15) is 4.79 Å². The van der Waals surface area contributed by atoms with Crippen molar-refractivity contribution in [2.24, 2.45) is 5.41 Å². The molecule has 0 bridgehead atoms. The molecule has 1 atom stereocenters. The highest BCUT2D eigenvalue weighted by Gasteiger charge is 2.40. The molecule has 0 saturated carbocycles. The summed E-state index contributed by atoms with van der Waals surface area (Å²) < 4.78 is 7.31. The van der Waals surface area contributed by atoms with Crippen LogP contribution in [0.5, 0.6) is 0 Å². The highest BCUT2D eigenvalue weighted by molar-refractivity contribution is 5.93. The molecule has 4 rings (SSSR count). The third-order valence-corrected chi connectivity index (χ3v) is 5.22. The predicted molar refractivity (Wildman–Crippen MR) is 87.9 cm³/mol. The molecule has 2 aromatic rings. The van der Waals surface area contributed by atoms with Crippen LogP contribution in [0.4, 0.5) is 0 Å². The van der Waals surface area contributed by atoms with E-state index in [-0.39, 0.29) is 17.2 Å². The number of hydrogen-bond acceptors (Lipinski definition) is 5. The van der Waals surface area contributed by atoms with Crippen molar-refractivity contribution in [1.82, 2.24) is 24.5 Å². The Kier molecular flexibility index (Phi) is 3.75. The molecule has 1 spiro atoms. The molecule has 1 amide bonds. The highest BCUT2D eigenvalue weighted by atomic mass is 16.5. The molecule has 2 aliphatic heterocycles. The van der Waals surface area contributed by atoms with Gasteiger partial charge >= 0.3 is 0 Å². The van der Waals surface area contributed by atoms with E-state index in [1.165, 1.54) is 6.33 Å².